The molecule has 0 atom stereocenters. The maximum atomic E-state index is 11.4. The van der Waals surface area contributed by atoms with E-state index < -0.39 is 11.7 Å². The SMILES string of the molecule is CC(C)(C)OC(=O)NCCNc1ccc(N)cc1I. The number of carbonyl (C=O) groups excluding carboxylic acids is 1. The minimum absolute atomic E-state index is 0.402. The molecule has 0 saturated carbocycles. The van der Waals surface area contributed by atoms with Crippen LogP contribution in [0.25, 0.3) is 0 Å². The van der Waals surface area contributed by atoms with Gasteiger partial charge in [0.1, 0.15) is 5.60 Å². The van der Waals surface area contributed by atoms with Crippen molar-refractivity contribution in [3.8, 4) is 0 Å². The zero-order valence-corrected chi connectivity index (χ0v) is 13.6. The number of halogens is 1. The number of hydrogen-bond acceptors (Lipinski definition) is 4. The Morgan fingerprint density at radius 1 is 1.37 bits per heavy atom. The first-order valence-corrected chi connectivity index (χ1v) is 7.11. The van der Waals surface area contributed by atoms with Crippen LogP contribution >= 0.6 is 22.6 Å². The summed E-state index contributed by atoms with van der Waals surface area (Å²) in [6.07, 6.45) is -0.402. The van der Waals surface area contributed by atoms with E-state index in [1.165, 1.54) is 0 Å². The maximum absolute atomic E-state index is 11.4. The molecule has 0 aliphatic heterocycles. The second-order valence-corrected chi connectivity index (χ2v) is 6.26. The third-order valence-corrected chi connectivity index (χ3v) is 2.99. The molecule has 5 nitrogen and oxygen atoms in total. The lowest BCUT2D eigenvalue weighted by atomic mass is 10.2. The molecule has 1 aromatic rings. The molecule has 0 saturated heterocycles. The van der Waals surface area contributed by atoms with Gasteiger partial charge in [-0.1, -0.05) is 0 Å². The Morgan fingerprint density at radius 3 is 2.63 bits per heavy atom. The Balaban J connectivity index is 2.29. The highest BCUT2D eigenvalue weighted by molar-refractivity contribution is 14.1. The fourth-order valence-electron chi connectivity index (χ4n) is 1.35. The summed E-state index contributed by atoms with van der Waals surface area (Å²) in [4.78, 5) is 11.4. The number of nitrogen functional groups attached to an aromatic ring is 1. The number of anilines is 2. The van der Waals surface area contributed by atoms with Gasteiger partial charge in [-0.15, -0.1) is 0 Å². The van der Waals surface area contributed by atoms with Crippen molar-refractivity contribution in [2.24, 2.45) is 0 Å². The van der Waals surface area contributed by atoms with Gasteiger partial charge in [0, 0.05) is 28.0 Å². The maximum Gasteiger partial charge on any atom is 0.407 e. The zero-order valence-electron chi connectivity index (χ0n) is 11.4. The normalized spacial score (nSPS) is 10.9. The smallest absolute Gasteiger partial charge is 0.407 e. The highest BCUT2D eigenvalue weighted by Gasteiger charge is 2.15. The van der Waals surface area contributed by atoms with E-state index in [9.17, 15) is 4.79 Å². The average Bonchev–Trinajstić information content (AvgIpc) is 2.24. The second-order valence-electron chi connectivity index (χ2n) is 5.09. The first kappa shape index (κ1) is 15.9. The van der Waals surface area contributed by atoms with Crippen molar-refractivity contribution < 1.29 is 9.53 Å². The lowest BCUT2D eigenvalue weighted by Gasteiger charge is -2.19. The lowest BCUT2D eigenvalue weighted by Crippen LogP contribution is -2.35. The van der Waals surface area contributed by atoms with E-state index in [1.54, 1.807) is 0 Å². The number of rotatable bonds is 4. The number of amides is 1. The van der Waals surface area contributed by atoms with Crippen molar-refractivity contribution in [3.63, 3.8) is 0 Å². The molecule has 106 valence electrons. The summed E-state index contributed by atoms with van der Waals surface area (Å²) in [5.74, 6) is 0. The minimum Gasteiger partial charge on any atom is -0.444 e. The molecule has 1 aromatic carbocycles. The Morgan fingerprint density at radius 2 is 2.05 bits per heavy atom. The van der Waals surface area contributed by atoms with E-state index in [4.69, 9.17) is 10.5 Å². The van der Waals surface area contributed by atoms with Crippen molar-refractivity contribution in [2.45, 2.75) is 26.4 Å². The van der Waals surface area contributed by atoms with Crippen LogP contribution in [0, 0.1) is 3.57 Å². The highest BCUT2D eigenvalue weighted by atomic mass is 127. The monoisotopic (exact) mass is 377 g/mol. The number of carbonyl (C=O) groups is 1. The fourth-order valence-corrected chi connectivity index (χ4v) is 2.08. The molecule has 1 rings (SSSR count). The van der Waals surface area contributed by atoms with Crippen molar-refractivity contribution in [1.82, 2.24) is 5.32 Å². The van der Waals surface area contributed by atoms with E-state index in [0.717, 1.165) is 14.9 Å². The summed E-state index contributed by atoms with van der Waals surface area (Å²) < 4.78 is 6.18. The molecule has 0 heterocycles. The van der Waals surface area contributed by atoms with Crippen LogP contribution < -0.4 is 16.4 Å². The first-order valence-electron chi connectivity index (χ1n) is 6.04. The van der Waals surface area contributed by atoms with Crippen LogP contribution in [0.15, 0.2) is 18.2 Å². The molecule has 4 N–H and O–H groups in total. The van der Waals surface area contributed by atoms with Gasteiger partial charge in [0.15, 0.2) is 0 Å². The first-order chi connectivity index (χ1) is 8.78. The summed E-state index contributed by atoms with van der Waals surface area (Å²) in [5.41, 5.74) is 6.94. The minimum atomic E-state index is -0.468. The van der Waals surface area contributed by atoms with Crippen LogP contribution in [0.2, 0.25) is 0 Å². The molecule has 0 bridgehead atoms. The second kappa shape index (κ2) is 6.83. The van der Waals surface area contributed by atoms with Crippen molar-refractivity contribution >= 4 is 40.1 Å². The summed E-state index contributed by atoms with van der Waals surface area (Å²) in [6.45, 7) is 6.62. The fraction of sp³-hybridized carbons (Fsp3) is 0.462. The molecule has 0 spiro atoms. The van der Waals surface area contributed by atoms with E-state index in [1.807, 2.05) is 39.0 Å². The van der Waals surface area contributed by atoms with Crippen LogP contribution in [0.4, 0.5) is 16.2 Å². The Kier molecular flexibility index (Phi) is 5.71. The molecule has 0 aliphatic rings. The van der Waals surface area contributed by atoms with Crippen LogP contribution in [0.1, 0.15) is 20.8 Å². The van der Waals surface area contributed by atoms with E-state index in [-0.39, 0.29) is 0 Å². The van der Waals surface area contributed by atoms with Gasteiger partial charge in [-0.05, 0) is 61.6 Å². The van der Waals surface area contributed by atoms with E-state index in [2.05, 4.69) is 33.2 Å². The standard InChI is InChI=1S/C13H20IN3O2/c1-13(2,3)19-12(18)17-7-6-16-11-5-4-9(15)8-10(11)14/h4-5,8,16H,6-7,15H2,1-3H3,(H,17,18). The molecule has 0 unspecified atom stereocenters. The third kappa shape index (κ3) is 6.51. The van der Waals surface area contributed by atoms with Gasteiger partial charge in [-0.3, -0.25) is 0 Å². The van der Waals surface area contributed by atoms with E-state index in [0.29, 0.717) is 13.1 Å². The number of nitrogens with one attached hydrogen (secondary N) is 2. The molecule has 0 aliphatic carbocycles. The molecule has 19 heavy (non-hydrogen) atoms. The largest absolute Gasteiger partial charge is 0.444 e. The quantitative estimate of drug-likeness (QED) is 0.429. The van der Waals surface area contributed by atoms with Crippen LogP contribution in [0.3, 0.4) is 0 Å². The number of nitrogens with two attached hydrogens (primary N) is 1. The number of alkyl carbamates (subject to hydrolysis) is 1. The zero-order chi connectivity index (χ0) is 14.5. The topological polar surface area (TPSA) is 76.4 Å². The molecule has 0 radical (unpaired) electrons. The highest BCUT2D eigenvalue weighted by Crippen LogP contribution is 2.20. The Labute approximate surface area is 127 Å². The summed E-state index contributed by atoms with van der Waals surface area (Å²) in [6, 6.07) is 5.65. The van der Waals surface area contributed by atoms with Crippen LogP contribution in [0.5, 0.6) is 0 Å². The van der Waals surface area contributed by atoms with Gasteiger partial charge in [0.2, 0.25) is 0 Å². The van der Waals surface area contributed by atoms with E-state index >= 15 is 0 Å². The molecular weight excluding hydrogens is 357 g/mol. The lowest BCUT2D eigenvalue weighted by molar-refractivity contribution is 0.0530. The van der Waals surface area contributed by atoms with Gasteiger partial charge < -0.3 is 21.1 Å². The molecule has 1 amide bonds. The number of ether oxygens (including phenoxy) is 1. The van der Waals surface area contributed by atoms with Crippen molar-refractivity contribution in [3.05, 3.63) is 21.8 Å². The number of benzene rings is 1. The predicted octanol–water partition coefficient (Wildman–Crippen LogP) is 2.81. The van der Waals surface area contributed by atoms with Gasteiger partial charge in [0.05, 0.1) is 0 Å². The Hall–Kier alpha value is -1.18. The third-order valence-electron chi connectivity index (χ3n) is 2.10. The van der Waals surface area contributed by atoms with Gasteiger partial charge in [-0.2, -0.15) is 0 Å². The summed E-state index contributed by atoms with van der Waals surface area (Å²) >= 11 is 2.21. The average molecular weight is 377 g/mol. The van der Waals surface area contributed by atoms with Crippen LogP contribution in [-0.4, -0.2) is 24.8 Å². The summed E-state index contributed by atoms with van der Waals surface area (Å²) in [5, 5.41) is 5.91. The number of hydrogen-bond donors (Lipinski definition) is 3. The van der Waals surface area contributed by atoms with Crippen molar-refractivity contribution in [2.75, 3.05) is 24.1 Å². The van der Waals surface area contributed by atoms with Crippen LogP contribution in [-0.2, 0) is 4.74 Å². The van der Waals surface area contributed by atoms with Gasteiger partial charge in [-0.25, -0.2) is 4.79 Å². The molecule has 0 aromatic heterocycles. The summed E-state index contributed by atoms with van der Waals surface area (Å²) in [7, 11) is 0. The van der Waals surface area contributed by atoms with Crippen molar-refractivity contribution in [1.29, 1.82) is 0 Å². The van der Waals surface area contributed by atoms with Gasteiger partial charge >= 0.3 is 6.09 Å². The predicted molar refractivity (Wildman–Crippen MR) is 86.3 cm³/mol. The molecule has 6 heteroatoms. The van der Waals surface area contributed by atoms with Gasteiger partial charge in [0.25, 0.3) is 0 Å². The molecular formula is C13H20IN3O2. The Bertz CT molecular complexity index is 444. The molecule has 0 fully saturated rings.